The van der Waals surface area contributed by atoms with Gasteiger partial charge in [0.15, 0.2) is 0 Å². The van der Waals surface area contributed by atoms with Gasteiger partial charge in [0.25, 0.3) is 0 Å². The molecule has 0 aromatic heterocycles. The summed E-state index contributed by atoms with van der Waals surface area (Å²) in [6, 6.07) is 5.97. The van der Waals surface area contributed by atoms with E-state index >= 15 is 0 Å². The molecular weight excluding hydrogens is 277 g/mol. The van der Waals surface area contributed by atoms with Crippen LogP contribution in [0.25, 0.3) is 0 Å². The van der Waals surface area contributed by atoms with E-state index in [9.17, 15) is 14.0 Å². The average molecular weight is 295 g/mol. The molecule has 1 unspecified atom stereocenters. The Labute approximate surface area is 122 Å². The van der Waals surface area contributed by atoms with Crippen molar-refractivity contribution in [3.8, 4) is 0 Å². The Morgan fingerprint density at radius 1 is 1.43 bits per heavy atom. The topological polar surface area (TPSA) is 66.8 Å². The first kappa shape index (κ1) is 15.4. The highest BCUT2D eigenvalue weighted by molar-refractivity contribution is 5.78. The molecule has 1 aromatic carbocycles. The largest absolute Gasteiger partial charge is 0.481 e. The molecular formula is C15H18FNO4. The summed E-state index contributed by atoms with van der Waals surface area (Å²) in [6.45, 7) is 2.44. The Balaban J connectivity index is 2.02. The number of hydrogen-bond donors (Lipinski definition) is 1. The van der Waals surface area contributed by atoms with E-state index in [4.69, 9.17) is 9.84 Å². The Kier molecular flexibility index (Phi) is 4.57. The summed E-state index contributed by atoms with van der Waals surface area (Å²) in [7, 11) is 0. The SMILES string of the molecule is CC1(CCC(=O)O)CN(Cc2ccc(F)cc2)C(=O)CO1. The van der Waals surface area contributed by atoms with Gasteiger partial charge in [0.2, 0.25) is 5.91 Å². The smallest absolute Gasteiger partial charge is 0.303 e. The summed E-state index contributed by atoms with van der Waals surface area (Å²) in [4.78, 5) is 24.2. The molecule has 0 radical (unpaired) electrons. The summed E-state index contributed by atoms with van der Waals surface area (Å²) >= 11 is 0. The zero-order valence-corrected chi connectivity index (χ0v) is 11.8. The lowest BCUT2D eigenvalue weighted by molar-refractivity contribution is -0.164. The number of carboxylic acid groups (broad SMARTS) is 1. The second-order valence-corrected chi connectivity index (χ2v) is 5.51. The molecule has 1 aliphatic rings. The Hall–Kier alpha value is -1.95. The molecule has 21 heavy (non-hydrogen) atoms. The fourth-order valence-corrected chi connectivity index (χ4v) is 2.34. The second kappa shape index (κ2) is 6.22. The van der Waals surface area contributed by atoms with Crippen molar-refractivity contribution in [1.29, 1.82) is 0 Å². The Bertz CT molecular complexity index is 531. The van der Waals surface area contributed by atoms with E-state index in [1.54, 1.807) is 24.0 Å². The van der Waals surface area contributed by atoms with Crippen LogP contribution in [-0.4, -0.2) is 40.6 Å². The van der Waals surface area contributed by atoms with Crippen LogP contribution in [0.1, 0.15) is 25.3 Å². The van der Waals surface area contributed by atoms with E-state index in [1.165, 1.54) is 12.1 Å². The van der Waals surface area contributed by atoms with Gasteiger partial charge in [-0.3, -0.25) is 9.59 Å². The van der Waals surface area contributed by atoms with E-state index < -0.39 is 11.6 Å². The first-order valence-corrected chi connectivity index (χ1v) is 6.76. The van der Waals surface area contributed by atoms with Crippen LogP contribution < -0.4 is 0 Å². The summed E-state index contributed by atoms with van der Waals surface area (Å²) in [5, 5.41) is 8.77. The number of morpholine rings is 1. The first-order valence-electron chi connectivity index (χ1n) is 6.76. The third kappa shape index (κ3) is 4.26. The van der Waals surface area contributed by atoms with Crippen LogP contribution in [0.15, 0.2) is 24.3 Å². The number of ether oxygens (including phenoxy) is 1. The van der Waals surface area contributed by atoms with Gasteiger partial charge in [-0.2, -0.15) is 0 Å². The number of aliphatic carboxylic acids is 1. The van der Waals surface area contributed by atoms with Gasteiger partial charge >= 0.3 is 5.97 Å². The summed E-state index contributed by atoms with van der Waals surface area (Å²) in [5.74, 6) is -1.35. The normalized spacial score (nSPS) is 22.4. The number of hydrogen-bond acceptors (Lipinski definition) is 3. The van der Waals surface area contributed by atoms with E-state index in [1.807, 2.05) is 0 Å². The molecule has 6 heteroatoms. The van der Waals surface area contributed by atoms with Crippen LogP contribution in [0.4, 0.5) is 4.39 Å². The van der Waals surface area contributed by atoms with Gasteiger partial charge in [-0.05, 0) is 31.0 Å². The van der Waals surface area contributed by atoms with Crippen LogP contribution in [-0.2, 0) is 20.9 Å². The van der Waals surface area contributed by atoms with E-state index in [0.717, 1.165) is 5.56 Å². The van der Waals surface area contributed by atoms with Gasteiger partial charge in [0, 0.05) is 19.5 Å². The monoisotopic (exact) mass is 295 g/mol. The minimum Gasteiger partial charge on any atom is -0.481 e. The molecule has 1 atom stereocenters. The number of carboxylic acids is 1. The molecule has 0 aliphatic carbocycles. The molecule has 1 amide bonds. The van der Waals surface area contributed by atoms with Gasteiger partial charge in [0.1, 0.15) is 12.4 Å². The zero-order valence-electron chi connectivity index (χ0n) is 11.8. The molecule has 2 rings (SSSR count). The lowest BCUT2D eigenvalue weighted by atomic mass is 9.97. The van der Waals surface area contributed by atoms with Gasteiger partial charge in [0.05, 0.1) is 5.60 Å². The number of amides is 1. The fraction of sp³-hybridized carbons (Fsp3) is 0.467. The van der Waals surface area contributed by atoms with Crippen molar-refractivity contribution in [1.82, 2.24) is 4.90 Å². The van der Waals surface area contributed by atoms with E-state index in [2.05, 4.69) is 0 Å². The number of carbonyl (C=O) groups excluding carboxylic acids is 1. The van der Waals surface area contributed by atoms with Crippen molar-refractivity contribution in [3.63, 3.8) is 0 Å². The molecule has 1 N–H and O–H groups in total. The van der Waals surface area contributed by atoms with Gasteiger partial charge in [-0.25, -0.2) is 4.39 Å². The van der Waals surface area contributed by atoms with Gasteiger partial charge < -0.3 is 14.7 Å². The maximum Gasteiger partial charge on any atom is 0.303 e. The van der Waals surface area contributed by atoms with Crippen molar-refractivity contribution in [3.05, 3.63) is 35.6 Å². The van der Waals surface area contributed by atoms with Crippen molar-refractivity contribution in [2.24, 2.45) is 0 Å². The van der Waals surface area contributed by atoms with Crippen LogP contribution in [0, 0.1) is 5.82 Å². The number of rotatable bonds is 5. The standard InChI is InChI=1S/C15H18FNO4/c1-15(7-6-14(19)20)10-17(13(18)9-21-15)8-11-2-4-12(16)5-3-11/h2-5H,6-10H2,1H3,(H,19,20). The Morgan fingerprint density at radius 3 is 2.71 bits per heavy atom. The van der Waals surface area contributed by atoms with Crippen molar-refractivity contribution >= 4 is 11.9 Å². The van der Waals surface area contributed by atoms with Gasteiger partial charge in [-0.15, -0.1) is 0 Å². The third-order valence-electron chi connectivity index (χ3n) is 3.58. The number of nitrogens with zero attached hydrogens (tertiary/aromatic N) is 1. The molecule has 5 nitrogen and oxygen atoms in total. The minimum atomic E-state index is -0.887. The minimum absolute atomic E-state index is 0.00488. The fourth-order valence-electron chi connectivity index (χ4n) is 2.34. The van der Waals surface area contributed by atoms with Crippen molar-refractivity contribution in [2.75, 3.05) is 13.2 Å². The number of carbonyl (C=O) groups is 2. The highest BCUT2D eigenvalue weighted by atomic mass is 19.1. The van der Waals surface area contributed by atoms with Crippen LogP contribution in [0.2, 0.25) is 0 Å². The summed E-state index contributed by atoms with van der Waals surface area (Å²) in [5.41, 5.74) is 0.166. The molecule has 1 saturated heterocycles. The predicted octanol–water partition coefficient (Wildman–Crippen LogP) is 1.81. The third-order valence-corrected chi connectivity index (χ3v) is 3.58. The van der Waals surface area contributed by atoms with Crippen LogP contribution >= 0.6 is 0 Å². The maximum atomic E-state index is 12.9. The van der Waals surface area contributed by atoms with Gasteiger partial charge in [-0.1, -0.05) is 12.1 Å². The highest BCUT2D eigenvalue weighted by Gasteiger charge is 2.36. The number of benzene rings is 1. The van der Waals surface area contributed by atoms with E-state index in [0.29, 0.717) is 19.5 Å². The maximum absolute atomic E-state index is 12.9. The summed E-state index contributed by atoms with van der Waals surface area (Å²) < 4.78 is 18.4. The molecule has 0 bridgehead atoms. The quantitative estimate of drug-likeness (QED) is 0.899. The van der Waals surface area contributed by atoms with Crippen molar-refractivity contribution in [2.45, 2.75) is 31.9 Å². The van der Waals surface area contributed by atoms with Crippen LogP contribution in [0.3, 0.4) is 0 Å². The van der Waals surface area contributed by atoms with E-state index in [-0.39, 0.29) is 24.8 Å². The molecule has 1 aromatic rings. The lowest BCUT2D eigenvalue weighted by Crippen LogP contribution is -2.52. The highest BCUT2D eigenvalue weighted by Crippen LogP contribution is 2.25. The zero-order chi connectivity index (χ0) is 15.5. The number of halogens is 1. The van der Waals surface area contributed by atoms with Crippen LogP contribution in [0.5, 0.6) is 0 Å². The molecule has 1 heterocycles. The first-order chi connectivity index (χ1) is 9.88. The average Bonchev–Trinajstić information content (AvgIpc) is 2.44. The molecule has 1 aliphatic heterocycles. The van der Waals surface area contributed by atoms with Crippen molar-refractivity contribution < 1.29 is 23.8 Å². The molecule has 0 spiro atoms. The molecule has 0 saturated carbocycles. The second-order valence-electron chi connectivity index (χ2n) is 5.51. The Morgan fingerprint density at radius 2 is 2.10 bits per heavy atom. The summed E-state index contributed by atoms with van der Waals surface area (Å²) in [6.07, 6.45) is 0.338. The predicted molar refractivity (Wildman–Crippen MR) is 73.0 cm³/mol. The molecule has 1 fully saturated rings. The molecule has 114 valence electrons. The lowest BCUT2D eigenvalue weighted by Gasteiger charge is -2.40.